The van der Waals surface area contributed by atoms with Crippen LogP contribution in [0, 0.1) is 11.3 Å². The van der Waals surface area contributed by atoms with Crippen LogP contribution >= 0.6 is 0 Å². The maximum absolute atomic E-state index is 8.43. The Morgan fingerprint density at radius 1 is 1.50 bits per heavy atom. The van der Waals surface area contributed by atoms with Gasteiger partial charge in [0.15, 0.2) is 0 Å². The standard InChI is InChI=1S/C13H21N3/c1-3-15-12(2)13-7-10-16(11-13)9-6-4-5-8-14/h7,10-12,15H,3-6,9H2,1-2H3. The van der Waals surface area contributed by atoms with Gasteiger partial charge >= 0.3 is 0 Å². The first-order valence-electron chi connectivity index (χ1n) is 6.04. The third-order valence-corrected chi connectivity index (χ3v) is 2.74. The summed E-state index contributed by atoms with van der Waals surface area (Å²) < 4.78 is 2.21. The van der Waals surface area contributed by atoms with Crippen LogP contribution in [0.4, 0.5) is 0 Å². The van der Waals surface area contributed by atoms with Crippen molar-refractivity contribution in [3.05, 3.63) is 24.0 Å². The number of nitrogens with zero attached hydrogens (tertiary/aromatic N) is 2. The van der Waals surface area contributed by atoms with E-state index in [0.717, 1.165) is 25.9 Å². The molecule has 0 fully saturated rings. The number of hydrogen-bond donors (Lipinski definition) is 1. The minimum Gasteiger partial charge on any atom is -0.354 e. The maximum Gasteiger partial charge on any atom is 0.0621 e. The molecule has 0 amide bonds. The number of unbranched alkanes of at least 4 members (excludes halogenated alkanes) is 2. The first kappa shape index (κ1) is 12.8. The largest absolute Gasteiger partial charge is 0.354 e. The summed E-state index contributed by atoms with van der Waals surface area (Å²) >= 11 is 0. The van der Waals surface area contributed by atoms with Crippen LogP contribution in [0.5, 0.6) is 0 Å². The summed E-state index contributed by atoms with van der Waals surface area (Å²) in [6.45, 7) is 6.31. The average molecular weight is 219 g/mol. The smallest absolute Gasteiger partial charge is 0.0621 e. The predicted octanol–water partition coefficient (Wildman–Crippen LogP) is 2.85. The highest BCUT2D eigenvalue weighted by Crippen LogP contribution is 2.13. The van der Waals surface area contributed by atoms with Crippen LogP contribution in [0.1, 0.15) is 44.7 Å². The average Bonchev–Trinajstić information content (AvgIpc) is 2.73. The Kier molecular flexibility index (Phi) is 5.66. The highest BCUT2D eigenvalue weighted by atomic mass is 15.0. The lowest BCUT2D eigenvalue weighted by atomic mass is 10.2. The first-order chi connectivity index (χ1) is 7.77. The van der Waals surface area contributed by atoms with Crippen LogP contribution in [0.15, 0.2) is 18.5 Å². The molecule has 1 rings (SSSR count). The van der Waals surface area contributed by atoms with Gasteiger partial charge in [0.2, 0.25) is 0 Å². The lowest BCUT2D eigenvalue weighted by Crippen LogP contribution is -2.17. The second-order valence-electron chi connectivity index (χ2n) is 4.08. The van der Waals surface area contributed by atoms with Crippen LogP contribution in [0.25, 0.3) is 0 Å². The number of nitrogens with one attached hydrogen (secondary N) is 1. The highest BCUT2D eigenvalue weighted by Gasteiger charge is 2.04. The molecule has 0 aliphatic heterocycles. The molecule has 0 bridgehead atoms. The minimum atomic E-state index is 0.422. The molecule has 0 saturated heterocycles. The predicted molar refractivity (Wildman–Crippen MR) is 66.0 cm³/mol. The van der Waals surface area contributed by atoms with Crippen LogP contribution in [0.3, 0.4) is 0 Å². The summed E-state index contributed by atoms with van der Waals surface area (Å²) in [4.78, 5) is 0. The van der Waals surface area contributed by atoms with E-state index in [1.165, 1.54) is 5.56 Å². The molecular weight excluding hydrogens is 198 g/mol. The highest BCUT2D eigenvalue weighted by molar-refractivity contribution is 5.14. The zero-order valence-corrected chi connectivity index (χ0v) is 10.2. The summed E-state index contributed by atoms with van der Waals surface area (Å²) in [5.74, 6) is 0. The van der Waals surface area contributed by atoms with Crippen LogP contribution in [-0.2, 0) is 6.54 Å². The Bertz CT molecular complexity index is 335. The van der Waals surface area contributed by atoms with Gasteiger partial charge in [0, 0.05) is 31.4 Å². The lowest BCUT2D eigenvalue weighted by Gasteiger charge is -2.09. The van der Waals surface area contributed by atoms with Gasteiger partial charge in [-0.1, -0.05) is 6.92 Å². The Labute approximate surface area is 98.1 Å². The van der Waals surface area contributed by atoms with Gasteiger partial charge < -0.3 is 9.88 Å². The number of rotatable bonds is 7. The molecule has 16 heavy (non-hydrogen) atoms. The Hall–Kier alpha value is -1.27. The second-order valence-corrected chi connectivity index (χ2v) is 4.08. The molecule has 0 spiro atoms. The van der Waals surface area contributed by atoms with Gasteiger partial charge in [0.05, 0.1) is 6.07 Å². The van der Waals surface area contributed by atoms with Crippen molar-refractivity contribution >= 4 is 0 Å². The molecule has 0 aliphatic carbocycles. The summed E-state index contributed by atoms with van der Waals surface area (Å²) in [6, 6.07) is 4.76. The van der Waals surface area contributed by atoms with Gasteiger partial charge in [-0.25, -0.2) is 0 Å². The summed E-state index contributed by atoms with van der Waals surface area (Å²) in [5, 5.41) is 11.8. The molecule has 1 heterocycles. The van der Waals surface area contributed by atoms with Crippen molar-refractivity contribution in [1.82, 2.24) is 9.88 Å². The molecule has 88 valence electrons. The van der Waals surface area contributed by atoms with Crippen molar-refractivity contribution in [3.63, 3.8) is 0 Å². The van der Waals surface area contributed by atoms with Gasteiger partial charge in [0.1, 0.15) is 0 Å². The zero-order valence-electron chi connectivity index (χ0n) is 10.2. The monoisotopic (exact) mass is 219 g/mol. The molecule has 3 nitrogen and oxygen atoms in total. The molecule has 0 aliphatic rings. The number of aromatic nitrogens is 1. The molecule has 0 radical (unpaired) electrons. The van der Waals surface area contributed by atoms with Gasteiger partial charge in [-0.15, -0.1) is 0 Å². The SMILES string of the molecule is CCNC(C)c1ccn(CCCCC#N)c1. The molecule has 1 N–H and O–H groups in total. The van der Waals surface area contributed by atoms with Crippen molar-refractivity contribution in [1.29, 1.82) is 5.26 Å². The fourth-order valence-electron chi connectivity index (χ4n) is 1.78. The van der Waals surface area contributed by atoms with E-state index in [-0.39, 0.29) is 0 Å². The molecule has 1 aromatic heterocycles. The molecule has 0 saturated carbocycles. The third kappa shape index (κ3) is 4.08. The second kappa shape index (κ2) is 7.08. The summed E-state index contributed by atoms with van der Waals surface area (Å²) in [5.41, 5.74) is 1.34. The number of aryl methyl sites for hydroxylation is 1. The zero-order chi connectivity index (χ0) is 11.8. The van der Waals surface area contributed by atoms with Crippen LogP contribution < -0.4 is 5.32 Å². The fourth-order valence-corrected chi connectivity index (χ4v) is 1.78. The maximum atomic E-state index is 8.43. The van der Waals surface area contributed by atoms with E-state index in [2.05, 4.69) is 48.3 Å². The van der Waals surface area contributed by atoms with Crippen molar-refractivity contribution in [3.8, 4) is 6.07 Å². The topological polar surface area (TPSA) is 40.8 Å². The van der Waals surface area contributed by atoms with E-state index in [9.17, 15) is 0 Å². The Morgan fingerprint density at radius 3 is 3.00 bits per heavy atom. The quantitative estimate of drug-likeness (QED) is 0.716. The van der Waals surface area contributed by atoms with Gasteiger partial charge in [-0.3, -0.25) is 0 Å². The van der Waals surface area contributed by atoms with Crippen molar-refractivity contribution < 1.29 is 0 Å². The Balaban J connectivity index is 2.36. The van der Waals surface area contributed by atoms with Gasteiger partial charge in [-0.2, -0.15) is 5.26 Å². The molecule has 1 unspecified atom stereocenters. The van der Waals surface area contributed by atoms with E-state index >= 15 is 0 Å². The van der Waals surface area contributed by atoms with E-state index in [1.807, 2.05) is 0 Å². The molecule has 1 atom stereocenters. The van der Waals surface area contributed by atoms with Crippen molar-refractivity contribution in [2.75, 3.05) is 6.54 Å². The van der Waals surface area contributed by atoms with Crippen LogP contribution in [0.2, 0.25) is 0 Å². The van der Waals surface area contributed by atoms with Gasteiger partial charge in [-0.05, 0) is 37.9 Å². The van der Waals surface area contributed by atoms with E-state index in [4.69, 9.17) is 5.26 Å². The first-order valence-corrected chi connectivity index (χ1v) is 6.04. The minimum absolute atomic E-state index is 0.422. The normalized spacial score (nSPS) is 12.3. The summed E-state index contributed by atoms with van der Waals surface area (Å²) in [6.07, 6.45) is 7.06. The van der Waals surface area contributed by atoms with E-state index in [0.29, 0.717) is 12.5 Å². The number of nitriles is 1. The summed E-state index contributed by atoms with van der Waals surface area (Å²) in [7, 11) is 0. The third-order valence-electron chi connectivity index (χ3n) is 2.74. The molecular formula is C13H21N3. The molecule has 3 heteroatoms. The van der Waals surface area contributed by atoms with Crippen molar-refractivity contribution in [2.45, 2.75) is 45.7 Å². The van der Waals surface area contributed by atoms with Crippen LogP contribution in [-0.4, -0.2) is 11.1 Å². The van der Waals surface area contributed by atoms with Gasteiger partial charge in [0.25, 0.3) is 0 Å². The molecule has 1 aromatic rings. The fraction of sp³-hybridized carbons (Fsp3) is 0.615. The number of hydrogen-bond acceptors (Lipinski definition) is 2. The van der Waals surface area contributed by atoms with E-state index < -0.39 is 0 Å². The van der Waals surface area contributed by atoms with E-state index in [1.54, 1.807) is 0 Å². The lowest BCUT2D eigenvalue weighted by molar-refractivity contribution is 0.588. The van der Waals surface area contributed by atoms with Crippen molar-refractivity contribution in [2.24, 2.45) is 0 Å². The Morgan fingerprint density at radius 2 is 2.31 bits per heavy atom. The molecule has 0 aromatic carbocycles.